The Hall–Kier alpha value is -3.82. The summed E-state index contributed by atoms with van der Waals surface area (Å²) < 4.78 is 65.8. The summed E-state index contributed by atoms with van der Waals surface area (Å²) in [6, 6.07) is 3.11. The summed E-state index contributed by atoms with van der Waals surface area (Å²) in [6.07, 6.45) is 3.34. The molecule has 2 atom stereocenters. The van der Waals surface area contributed by atoms with Gasteiger partial charge in [-0.2, -0.15) is 17.9 Å². The Morgan fingerprint density at radius 2 is 1.98 bits per heavy atom. The van der Waals surface area contributed by atoms with Crippen LogP contribution in [0.15, 0.2) is 43.1 Å². The number of ether oxygens (including phenoxy) is 1. The van der Waals surface area contributed by atoms with Crippen LogP contribution in [0.5, 0.6) is 0 Å². The number of aromatic nitrogens is 7. The van der Waals surface area contributed by atoms with Crippen molar-refractivity contribution in [3.63, 3.8) is 0 Å². The molecule has 1 N–H and O–H groups in total. The van der Waals surface area contributed by atoms with Crippen molar-refractivity contribution in [3.05, 3.63) is 70.9 Å². The van der Waals surface area contributed by atoms with E-state index >= 15 is 4.39 Å². The lowest BCUT2D eigenvalue weighted by molar-refractivity contribution is -0.137. The van der Waals surface area contributed by atoms with Crippen molar-refractivity contribution in [1.82, 2.24) is 39.6 Å². The number of halogens is 5. The summed E-state index contributed by atoms with van der Waals surface area (Å²) in [4.78, 5) is 22.6. The SMILES string of the molecule is C[Si](C)(C)CCOCn1cc(-c2cnc([C@@H]3CC[C@@H]4CC(c5c(-n6cnnn6)ccc(Cl)c5F)=CC(=O)N43)[nH]2)c(C(F)(F)F)c1. The van der Waals surface area contributed by atoms with Gasteiger partial charge in [-0.25, -0.2) is 9.37 Å². The van der Waals surface area contributed by atoms with Crippen LogP contribution in [-0.2, 0) is 22.4 Å². The molecular weight excluding hydrogens is 632 g/mol. The number of fused-ring (bicyclic) bond motifs is 1. The molecule has 2 aliphatic heterocycles. The first-order valence-corrected chi connectivity index (χ1v) is 18.5. The third-order valence-electron chi connectivity index (χ3n) is 8.12. The Balaban J connectivity index is 1.25. The maximum absolute atomic E-state index is 15.4. The summed E-state index contributed by atoms with van der Waals surface area (Å²) in [5.41, 5.74) is 0.265. The van der Waals surface area contributed by atoms with Crippen LogP contribution in [0.2, 0.25) is 30.7 Å². The Kier molecular flexibility index (Phi) is 8.20. The van der Waals surface area contributed by atoms with Crippen molar-refractivity contribution in [2.24, 2.45) is 0 Å². The van der Waals surface area contributed by atoms with Crippen LogP contribution in [-0.4, -0.2) is 66.3 Å². The first kappa shape index (κ1) is 31.2. The molecule has 1 saturated heterocycles. The van der Waals surface area contributed by atoms with E-state index in [1.165, 1.54) is 40.1 Å². The zero-order valence-electron chi connectivity index (χ0n) is 24.8. The number of rotatable bonds is 9. The number of nitrogens with zero attached hydrogens (tertiary/aromatic N) is 7. The molecule has 3 aromatic heterocycles. The first-order chi connectivity index (χ1) is 21.3. The number of carbonyl (C=O) groups excluding carboxylic acids is 1. The molecule has 0 saturated carbocycles. The summed E-state index contributed by atoms with van der Waals surface area (Å²) in [7, 11) is -1.34. The molecule has 16 heteroatoms. The number of hydrogen-bond donors (Lipinski definition) is 1. The van der Waals surface area contributed by atoms with Gasteiger partial charge in [0.15, 0.2) is 5.82 Å². The number of alkyl halides is 3. The van der Waals surface area contributed by atoms with E-state index < -0.39 is 31.7 Å². The third-order valence-corrected chi connectivity index (χ3v) is 10.1. The molecular formula is C29H31ClF4N8O2Si. The van der Waals surface area contributed by atoms with E-state index in [1.54, 1.807) is 11.0 Å². The highest BCUT2D eigenvalue weighted by Crippen LogP contribution is 2.45. The molecule has 0 radical (unpaired) electrons. The van der Waals surface area contributed by atoms with E-state index in [0.29, 0.717) is 43.0 Å². The van der Waals surface area contributed by atoms with Crippen molar-refractivity contribution in [3.8, 4) is 16.9 Å². The number of benzene rings is 1. The molecule has 1 fully saturated rings. The molecule has 2 aliphatic rings. The van der Waals surface area contributed by atoms with Gasteiger partial charge in [0.05, 0.1) is 34.2 Å². The van der Waals surface area contributed by atoms with Crippen molar-refractivity contribution < 1.29 is 27.1 Å². The first-order valence-electron chi connectivity index (χ1n) is 14.4. The van der Waals surface area contributed by atoms with E-state index in [4.69, 9.17) is 16.3 Å². The molecule has 0 unspecified atom stereocenters. The number of imidazole rings is 1. The number of tetrazole rings is 1. The third kappa shape index (κ3) is 6.33. The predicted molar refractivity (Wildman–Crippen MR) is 160 cm³/mol. The Morgan fingerprint density at radius 1 is 1.18 bits per heavy atom. The summed E-state index contributed by atoms with van der Waals surface area (Å²) >= 11 is 6.11. The highest BCUT2D eigenvalue weighted by molar-refractivity contribution is 6.76. The Morgan fingerprint density at radius 3 is 2.69 bits per heavy atom. The number of H-pyrrole nitrogens is 1. The zero-order valence-corrected chi connectivity index (χ0v) is 26.5. The predicted octanol–water partition coefficient (Wildman–Crippen LogP) is 6.50. The van der Waals surface area contributed by atoms with Gasteiger partial charge in [0.25, 0.3) is 0 Å². The minimum absolute atomic E-state index is 0.00182. The van der Waals surface area contributed by atoms with Crippen LogP contribution < -0.4 is 0 Å². The fourth-order valence-corrected chi connectivity index (χ4v) is 6.83. The van der Waals surface area contributed by atoms with Gasteiger partial charge in [-0.3, -0.25) is 4.79 Å². The molecule has 0 aliphatic carbocycles. The number of carbonyl (C=O) groups is 1. The van der Waals surface area contributed by atoms with Gasteiger partial charge in [-0.05, 0) is 53.4 Å². The Bertz CT molecular complexity index is 1750. The molecule has 1 amide bonds. The number of aromatic amines is 1. The summed E-state index contributed by atoms with van der Waals surface area (Å²) in [5, 5.41) is 11.0. The van der Waals surface area contributed by atoms with Crippen molar-refractivity contribution >= 4 is 31.2 Å². The van der Waals surface area contributed by atoms with Crippen LogP contribution in [0.4, 0.5) is 17.6 Å². The van der Waals surface area contributed by atoms with Crippen LogP contribution in [0.3, 0.4) is 0 Å². The number of amides is 1. The van der Waals surface area contributed by atoms with Crippen LogP contribution >= 0.6 is 11.6 Å². The highest BCUT2D eigenvalue weighted by atomic mass is 35.5. The van der Waals surface area contributed by atoms with Crippen LogP contribution in [0, 0.1) is 5.82 Å². The molecule has 45 heavy (non-hydrogen) atoms. The van der Waals surface area contributed by atoms with E-state index in [2.05, 4.69) is 45.1 Å². The maximum atomic E-state index is 15.4. The second kappa shape index (κ2) is 11.8. The van der Waals surface area contributed by atoms with E-state index in [-0.39, 0.29) is 40.5 Å². The lowest BCUT2D eigenvalue weighted by atomic mass is 9.92. The van der Waals surface area contributed by atoms with Gasteiger partial charge in [-0.15, -0.1) is 5.10 Å². The molecule has 4 aromatic rings. The Labute approximate surface area is 262 Å². The minimum atomic E-state index is -4.59. The fourth-order valence-electron chi connectivity index (χ4n) is 5.92. The van der Waals surface area contributed by atoms with E-state index in [9.17, 15) is 18.0 Å². The second-order valence-corrected chi connectivity index (χ2v) is 18.5. The topological polar surface area (TPSA) is 107 Å². The average Bonchev–Trinajstić information content (AvgIpc) is 3.77. The van der Waals surface area contributed by atoms with E-state index in [0.717, 1.165) is 12.2 Å². The van der Waals surface area contributed by atoms with Gasteiger partial charge >= 0.3 is 6.18 Å². The van der Waals surface area contributed by atoms with Gasteiger partial charge in [0.2, 0.25) is 5.91 Å². The molecule has 5 heterocycles. The van der Waals surface area contributed by atoms with Gasteiger partial charge < -0.3 is 19.2 Å². The lowest BCUT2D eigenvalue weighted by Gasteiger charge is -2.33. The van der Waals surface area contributed by atoms with E-state index in [1.807, 2.05) is 0 Å². The van der Waals surface area contributed by atoms with Crippen molar-refractivity contribution in [2.45, 2.75) is 69.9 Å². The van der Waals surface area contributed by atoms with Gasteiger partial charge in [-0.1, -0.05) is 31.2 Å². The fraction of sp³-hybridized carbons (Fsp3) is 0.414. The van der Waals surface area contributed by atoms with Crippen LogP contribution in [0.1, 0.15) is 42.3 Å². The standard InChI is InChI=1S/C29H31ClF4N8O2Si/c1-45(2,3)9-8-44-16-40-13-19(20(14-40)29(32,33)34)22-12-35-28(37-22)24-6-4-18-10-17(11-25(43)42(18)24)26-23(41-15-36-38-39-41)7-5-21(30)27(26)31/h5,7,11-15,18,24H,4,6,8-10,16H2,1-3H3,(H,35,37)/t18-,24+/m1/s1. The summed E-state index contributed by atoms with van der Waals surface area (Å²) in [6.45, 7) is 7.08. The normalized spacial score (nSPS) is 18.9. The monoisotopic (exact) mass is 662 g/mol. The second-order valence-electron chi connectivity index (χ2n) is 12.5. The molecule has 10 nitrogen and oxygen atoms in total. The van der Waals surface area contributed by atoms with Crippen LogP contribution in [0.25, 0.3) is 22.5 Å². The molecule has 1 aromatic carbocycles. The molecule has 6 rings (SSSR count). The number of hydrogen-bond acceptors (Lipinski definition) is 6. The average molecular weight is 663 g/mol. The largest absolute Gasteiger partial charge is 0.418 e. The quantitative estimate of drug-likeness (QED) is 0.125. The smallest absolute Gasteiger partial charge is 0.361 e. The molecule has 0 spiro atoms. The maximum Gasteiger partial charge on any atom is 0.418 e. The minimum Gasteiger partial charge on any atom is -0.361 e. The molecule has 238 valence electrons. The zero-order chi connectivity index (χ0) is 32.1. The number of nitrogens with one attached hydrogen (secondary N) is 1. The lowest BCUT2D eigenvalue weighted by Crippen LogP contribution is -2.39. The van der Waals surface area contributed by atoms with Crippen molar-refractivity contribution in [2.75, 3.05) is 6.61 Å². The molecule has 0 bridgehead atoms. The summed E-state index contributed by atoms with van der Waals surface area (Å²) in [5.74, 6) is -0.661. The van der Waals surface area contributed by atoms with Crippen molar-refractivity contribution in [1.29, 1.82) is 0 Å². The highest BCUT2D eigenvalue weighted by Gasteiger charge is 2.43. The van der Waals surface area contributed by atoms with Gasteiger partial charge in [0, 0.05) is 50.3 Å². The van der Waals surface area contributed by atoms with Gasteiger partial charge in [0.1, 0.15) is 18.9 Å².